The van der Waals surface area contributed by atoms with Crippen molar-refractivity contribution in [1.29, 1.82) is 0 Å². The molecule has 4 nitrogen and oxygen atoms in total. The van der Waals surface area contributed by atoms with Gasteiger partial charge < -0.3 is 9.47 Å². The van der Waals surface area contributed by atoms with E-state index in [4.69, 9.17) is 9.47 Å². The maximum Gasteiger partial charge on any atom is 0.345 e. The summed E-state index contributed by atoms with van der Waals surface area (Å²) in [5.74, 6) is 0.470. The smallest absolute Gasteiger partial charge is 0.345 e. The summed E-state index contributed by atoms with van der Waals surface area (Å²) in [5.41, 5.74) is 5.90. The van der Waals surface area contributed by atoms with Crippen molar-refractivity contribution in [3.8, 4) is 11.5 Å². The second-order valence-corrected chi connectivity index (χ2v) is 12.2. The van der Waals surface area contributed by atoms with Crippen LogP contribution in [0.2, 0.25) is 0 Å². The van der Waals surface area contributed by atoms with Gasteiger partial charge in [-0.3, -0.25) is 0 Å². The van der Waals surface area contributed by atoms with Crippen molar-refractivity contribution in [2.45, 2.75) is 91.9 Å². The van der Waals surface area contributed by atoms with Gasteiger partial charge in [0.05, 0.1) is 11.1 Å². The molecule has 180 valence electrons. The highest BCUT2D eigenvalue weighted by molar-refractivity contribution is 6.41. The van der Waals surface area contributed by atoms with E-state index in [1.165, 1.54) is 0 Å². The molecule has 34 heavy (non-hydrogen) atoms. The highest BCUT2D eigenvalue weighted by Crippen LogP contribution is 2.50. The van der Waals surface area contributed by atoms with Crippen LogP contribution in [0.25, 0.3) is 11.1 Å². The summed E-state index contributed by atoms with van der Waals surface area (Å²) in [6.07, 6.45) is 0. The van der Waals surface area contributed by atoms with Crippen molar-refractivity contribution in [2.75, 3.05) is 0 Å². The molecule has 2 heterocycles. The van der Waals surface area contributed by atoms with Gasteiger partial charge in [-0.15, -0.1) is 0 Å². The summed E-state index contributed by atoms with van der Waals surface area (Å²) >= 11 is 0. The topological polar surface area (TPSA) is 52.6 Å². The maximum atomic E-state index is 13.3. The van der Waals surface area contributed by atoms with E-state index >= 15 is 0 Å². The van der Waals surface area contributed by atoms with Gasteiger partial charge in [0.15, 0.2) is 0 Å². The number of carbonyl (C=O) groups is 2. The molecule has 0 bridgehead atoms. The Balaban J connectivity index is 2.09. The third-order valence-electron chi connectivity index (χ3n) is 6.80. The predicted molar refractivity (Wildman–Crippen MR) is 137 cm³/mol. The Bertz CT molecular complexity index is 1150. The Morgan fingerprint density at radius 3 is 1.18 bits per heavy atom. The second kappa shape index (κ2) is 7.83. The molecule has 2 aliphatic heterocycles. The van der Waals surface area contributed by atoms with Crippen molar-refractivity contribution in [3.05, 3.63) is 57.6 Å². The molecule has 0 atom stereocenters. The van der Waals surface area contributed by atoms with Crippen LogP contribution >= 0.6 is 0 Å². The Morgan fingerprint density at radius 2 is 0.912 bits per heavy atom. The maximum absolute atomic E-state index is 13.3. The third kappa shape index (κ3) is 3.87. The van der Waals surface area contributed by atoms with Crippen LogP contribution in [0.3, 0.4) is 0 Å². The molecule has 0 saturated heterocycles. The van der Waals surface area contributed by atoms with E-state index in [1.807, 2.05) is 12.1 Å². The Labute approximate surface area is 203 Å². The summed E-state index contributed by atoms with van der Waals surface area (Å²) in [7, 11) is 0. The normalized spacial score (nSPS) is 17.9. The molecule has 0 amide bonds. The fourth-order valence-electron chi connectivity index (χ4n) is 4.61. The largest absolute Gasteiger partial charge is 0.422 e. The highest BCUT2D eigenvalue weighted by atomic mass is 16.5. The number of hydrogen-bond donors (Lipinski definition) is 0. The van der Waals surface area contributed by atoms with Crippen molar-refractivity contribution < 1.29 is 19.1 Å². The molecule has 0 saturated carbocycles. The second-order valence-electron chi connectivity index (χ2n) is 12.2. The molecule has 0 aliphatic carbocycles. The van der Waals surface area contributed by atoms with E-state index < -0.39 is 11.9 Å². The standard InChI is InChI=1S/C30H36O4/c1-15(2)19-11-17(29(5,6)7)13-21-23(27(31)33-25(19)21)24-22-14-18(30(8,9)10)12-20(16(3)4)26(22)34-28(24)32/h11-16H,1-10H3/b24-23+. The van der Waals surface area contributed by atoms with Gasteiger partial charge >= 0.3 is 11.9 Å². The minimum Gasteiger partial charge on any atom is -0.422 e. The van der Waals surface area contributed by atoms with E-state index in [1.54, 1.807) is 0 Å². The van der Waals surface area contributed by atoms with Crippen molar-refractivity contribution in [3.63, 3.8) is 0 Å². The molecule has 2 aliphatic rings. The van der Waals surface area contributed by atoms with Crippen LogP contribution < -0.4 is 9.47 Å². The SMILES string of the molecule is CC(C)c1cc(C(C)(C)C)cc2c1OC(=O)/C2=C1/C(=O)Oc2c1cc(C(C)(C)C)cc2C(C)C. The third-order valence-corrected chi connectivity index (χ3v) is 6.80. The summed E-state index contributed by atoms with van der Waals surface area (Å²) in [6, 6.07) is 8.27. The van der Waals surface area contributed by atoms with Crippen LogP contribution in [0.15, 0.2) is 24.3 Å². The zero-order chi connectivity index (χ0) is 25.3. The average molecular weight is 461 g/mol. The van der Waals surface area contributed by atoms with Crippen LogP contribution in [0.5, 0.6) is 11.5 Å². The minimum atomic E-state index is -0.491. The van der Waals surface area contributed by atoms with Gasteiger partial charge in [0, 0.05) is 11.1 Å². The molecule has 0 aromatic heterocycles. The number of esters is 2. The summed E-state index contributed by atoms with van der Waals surface area (Å²) in [5, 5.41) is 0. The van der Waals surface area contributed by atoms with Crippen molar-refractivity contribution in [2.24, 2.45) is 0 Å². The quantitative estimate of drug-likeness (QED) is 0.268. The molecule has 2 aromatic carbocycles. The molecule has 4 heteroatoms. The first-order valence-corrected chi connectivity index (χ1v) is 12.2. The number of benzene rings is 2. The molecule has 2 aromatic rings. The Morgan fingerprint density at radius 1 is 0.588 bits per heavy atom. The number of ether oxygens (including phenoxy) is 2. The lowest BCUT2D eigenvalue weighted by molar-refractivity contribution is -0.129. The zero-order valence-corrected chi connectivity index (χ0v) is 22.1. The monoisotopic (exact) mass is 460 g/mol. The first kappa shape index (κ1) is 24.3. The molecule has 0 N–H and O–H groups in total. The van der Waals surface area contributed by atoms with Gasteiger partial charge in [0.2, 0.25) is 0 Å². The van der Waals surface area contributed by atoms with Gasteiger partial charge in [0.1, 0.15) is 11.5 Å². The van der Waals surface area contributed by atoms with Crippen LogP contribution in [-0.4, -0.2) is 11.9 Å². The highest BCUT2D eigenvalue weighted by Gasteiger charge is 2.42. The summed E-state index contributed by atoms with van der Waals surface area (Å²) < 4.78 is 11.7. The van der Waals surface area contributed by atoms with Gasteiger partial charge in [-0.25, -0.2) is 9.59 Å². The zero-order valence-electron chi connectivity index (χ0n) is 22.1. The summed E-state index contributed by atoms with van der Waals surface area (Å²) in [4.78, 5) is 26.6. The molecular formula is C30H36O4. The summed E-state index contributed by atoms with van der Waals surface area (Å²) in [6.45, 7) is 21.2. The van der Waals surface area contributed by atoms with Crippen molar-refractivity contribution >= 4 is 23.1 Å². The molecule has 0 spiro atoms. The van der Waals surface area contributed by atoms with Crippen LogP contribution in [0, 0.1) is 0 Å². The first-order chi connectivity index (χ1) is 15.6. The average Bonchev–Trinajstić information content (AvgIpc) is 3.19. The van der Waals surface area contributed by atoms with Gasteiger partial charge in [-0.1, -0.05) is 81.4 Å². The van der Waals surface area contributed by atoms with E-state index in [9.17, 15) is 9.59 Å². The minimum absolute atomic E-state index is 0.127. The Kier molecular flexibility index (Phi) is 5.58. The van der Waals surface area contributed by atoms with Gasteiger partial charge in [-0.05, 0) is 57.1 Å². The van der Waals surface area contributed by atoms with Crippen LogP contribution in [-0.2, 0) is 20.4 Å². The first-order valence-electron chi connectivity index (χ1n) is 12.2. The van der Waals surface area contributed by atoms with Gasteiger partial charge in [0.25, 0.3) is 0 Å². The lowest BCUT2D eigenvalue weighted by Crippen LogP contribution is -2.13. The van der Waals surface area contributed by atoms with Gasteiger partial charge in [-0.2, -0.15) is 0 Å². The predicted octanol–water partition coefficient (Wildman–Crippen LogP) is 7.28. The molecule has 0 fully saturated rings. The number of hydrogen-bond acceptors (Lipinski definition) is 4. The molecule has 0 unspecified atom stereocenters. The van der Waals surface area contributed by atoms with Crippen molar-refractivity contribution in [1.82, 2.24) is 0 Å². The lowest BCUT2D eigenvalue weighted by Gasteiger charge is -2.23. The Hall–Kier alpha value is -2.88. The van der Waals surface area contributed by atoms with Crippen LogP contribution in [0.1, 0.15) is 114 Å². The van der Waals surface area contributed by atoms with E-state index in [0.717, 1.165) is 22.3 Å². The molecule has 4 rings (SSSR count). The molecule has 0 radical (unpaired) electrons. The van der Waals surface area contributed by atoms with E-state index in [2.05, 4.69) is 81.4 Å². The fourth-order valence-corrected chi connectivity index (χ4v) is 4.61. The van der Waals surface area contributed by atoms with E-state index in [-0.39, 0.29) is 22.7 Å². The number of rotatable bonds is 2. The van der Waals surface area contributed by atoms with Crippen LogP contribution in [0.4, 0.5) is 0 Å². The number of carbonyl (C=O) groups excluding carboxylic acids is 2. The fraction of sp³-hybridized carbons (Fsp3) is 0.467. The molecular weight excluding hydrogens is 424 g/mol. The number of fused-ring (bicyclic) bond motifs is 2. The lowest BCUT2D eigenvalue weighted by atomic mass is 9.80. The van der Waals surface area contributed by atoms with E-state index in [0.29, 0.717) is 33.8 Å².